The Hall–Kier alpha value is -6.80. The lowest BCUT2D eigenvalue weighted by atomic mass is 9.95. The monoisotopic (exact) mass is 854 g/mol. The first-order chi connectivity index (χ1) is 29.8. The number of carbonyl (C=O) groups excluding carboxylic acids is 6. The van der Waals surface area contributed by atoms with Gasteiger partial charge in [-0.1, -0.05) is 34.6 Å². The fourth-order valence-corrected chi connectivity index (χ4v) is 7.46. The van der Waals surface area contributed by atoms with Gasteiger partial charge in [0.15, 0.2) is 11.6 Å². The highest BCUT2D eigenvalue weighted by Gasteiger charge is 2.31. The van der Waals surface area contributed by atoms with Crippen molar-refractivity contribution in [3.63, 3.8) is 0 Å². The van der Waals surface area contributed by atoms with Gasteiger partial charge in [0.05, 0.1) is 22.5 Å². The molecule has 2 fully saturated rings. The molecule has 0 atom stereocenters. The molecular weight excluding hydrogens is 805 g/mol. The molecule has 62 heavy (non-hydrogen) atoms. The summed E-state index contributed by atoms with van der Waals surface area (Å²) in [6.07, 6.45) is 2.59. The van der Waals surface area contributed by atoms with Gasteiger partial charge in [-0.3, -0.25) is 19.4 Å². The summed E-state index contributed by atoms with van der Waals surface area (Å²) in [5.74, 6) is -2.08. The summed E-state index contributed by atoms with van der Waals surface area (Å²) in [6.45, 7) is 7.39. The number of ether oxygens (including phenoxy) is 2. The van der Waals surface area contributed by atoms with Gasteiger partial charge in [-0.2, -0.15) is 9.97 Å². The summed E-state index contributed by atoms with van der Waals surface area (Å²) >= 11 is 0. The number of nitrogens with two attached hydrogens (primary N) is 2. The van der Waals surface area contributed by atoms with Crippen LogP contribution in [0.3, 0.4) is 0 Å². The van der Waals surface area contributed by atoms with Gasteiger partial charge in [-0.25, -0.2) is 19.2 Å². The van der Waals surface area contributed by atoms with Gasteiger partial charge in [0.2, 0.25) is 11.8 Å². The Kier molecular flexibility index (Phi) is 15.3. The van der Waals surface area contributed by atoms with Crippen LogP contribution in [-0.4, -0.2) is 118 Å². The summed E-state index contributed by atoms with van der Waals surface area (Å²) in [5.41, 5.74) is 12.2. The lowest BCUT2D eigenvalue weighted by Gasteiger charge is -2.34. The molecule has 6 rings (SSSR count). The predicted molar refractivity (Wildman–Crippen MR) is 222 cm³/mol. The van der Waals surface area contributed by atoms with Crippen LogP contribution < -0.4 is 21.3 Å². The third-order valence-electron chi connectivity index (χ3n) is 10.7. The van der Waals surface area contributed by atoms with Gasteiger partial charge in [0.25, 0.3) is 11.8 Å². The Morgan fingerprint density at radius 2 is 1.02 bits per heavy atom. The van der Waals surface area contributed by atoms with Crippen LogP contribution >= 0.6 is 0 Å². The first-order valence-electron chi connectivity index (χ1n) is 20.4. The van der Waals surface area contributed by atoms with E-state index in [2.05, 4.69) is 30.1 Å². The second-order valence-electron chi connectivity index (χ2n) is 15.3. The number of hydrogen-bond acceptors (Lipinski definition) is 16. The zero-order valence-corrected chi connectivity index (χ0v) is 34.6. The number of anilines is 2. The van der Waals surface area contributed by atoms with E-state index in [0.717, 1.165) is 0 Å². The van der Waals surface area contributed by atoms with Gasteiger partial charge in [0, 0.05) is 51.2 Å². The number of amides is 4. The van der Waals surface area contributed by atoms with E-state index in [4.69, 9.17) is 30.0 Å². The van der Waals surface area contributed by atoms with Gasteiger partial charge in [-0.15, -0.1) is 0 Å². The van der Waals surface area contributed by atoms with E-state index in [9.17, 15) is 28.8 Å². The summed E-state index contributed by atoms with van der Waals surface area (Å²) in [5, 5.41) is 7.75. The number of aromatic nitrogens is 4. The van der Waals surface area contributed by atoms with E-state index in [1.807, 2.05) is 0 Å². The Bertz CT molecular complexity index is 2100. The minimum Gasteiger partial charge on any atom is -0.373 e. The third kappa shape index (κ3) is 12.4. The maximum Gasteiger partial charge on any atom is 0.422 e. The number of aryl methyl sites for hydroxylation is 2. The molecule has 2 aliphatic rings. The highest BCUT2D eigenvalue weighted by molar-refractivity contribution is 6.04. The van der Waals surface area contributed by atoms with E-state index < -0.39 is 24.1 Å². The molecule has 2 aromatic heterocycles. The molecule has 0 bridgehead atoms. The van der Waals surface area contributed by atoms with Crippen molar-refractivity contribution in [3.8, 4) is 22.9 Å². The third-order valence-corrected chi connectivity index (χ3v) is 10.7. The molecule has 20 heteroatoms. The number of piperidine rings is 2. The number of primary amides is 2. The molecule has 328 valence electrons. The minimum absolute atomic E-state index is 0.0113. The van der Waals surface area contributed by atoms with Crippen molar-refractivity contribution in [2.24, 2.45) is 23.3 Å². The fourth-order valence-electron chi connectivity index (χ4n) is 7.46. The summed E-state index contributed by atoms with van der Waals surface area (Å²) < 4.78 is 21.3. The van der Waals surface area contributed by atoms with Crippen molar-refractivity contribution >= 4 is 47.3 Å². The lowest BCUT2D eigenvalue weighted by molar-refractivity contribution is -0.134. The van der Waals surface area contributed by atoms with E-state index in [1.165, 1.54) is 9.80 Å². The fraction of sp³-hybridized carbons (Fsp3) is 0.429. The molecule has 20 nitrogen and oxygen atoms in total. The van der Waals surface area contributed by atoms with E-state index in [1.54, 1.807) is 62.4 Å². The molecule has 4 aromatic rings. The molecule has 0 unspecified atom stereocenters. The predicted octanol–water partition coefficient (Wildman–Crippen LogP) is 3.77. The van der Waals surface area contributed by atoms with Crippen molar-refractivity contribution in [2.75, 3.05) is 62.2 Å². The molecule has 2 aliphatic heterocycles. The standard InChI is InChI=1S/C42H50N10O10/c1-27-45-39(61-47-27)31-7-3-5-9-33(31)51(25-29-13-19-49(20-14-29)23-17-35(43)53)41(57)59-37(55)11-12-38(56)60-42(58)52(26-30-15-21-50(22-16-30)24-18-36(44)54)34-10-6-4-8-32(34)40-46-28(2)48-62-40/h3-12,29-30H,13-26H2,1-2H3,(H2,43,53)(H2,44,54)/b12-11-. The summed E-state index contributed by atoms with van der Waals surface area (Å²) in [4.78, 5) is 92.2. The zero-order valence-electron chi connectivity index (χ0n) is 34.6. The van der Waals surface area contributed by atoms with Crippen LogP contribution in [0.2, 0.25) is 0 Å². The average molecular weight is 855 g/mol. The highest BCUT2D eigenvalue weighted by atomic mass is 16.6. The van der Waals surface area contributed by atoms with Crippen LogP contribution in [0.25, 0.3) is 22.9 Å². The van der Waals surface area contributed by atoms with Crippen LogP contribution in [0, 0.1) is 25.7 Å². The largest absolute Gasteiger partial charge is 0.422 e. The quantitative estimate of drug-likeness (QED) is 0.0923. The molecule has 0 radical (unpaired) electrons. The SMILES string of the molecule is Cc1noc(-c2ccccc2N(CC2CCN(CCC(N)=O)CC2)C(=O)OC(=O)/C=C\C(=O)OC(=O)N(CC2CCN(CCC(N)=O)CC2)c2ccccc2-c2nc(C)no2)n1. The topological polar surface area (TPSA) is 264 Å². The van der Waals surface area contributed by atoms with Crippen molar-refractivity contribution in [1.29, 1.82) is 0 Å². The second kappa shape index (κ2) is 21.1. The maximum atomic E-state index is 13.9. The first-order valence-corrected chi connectivity index (χ1v) is 20.4. The molecule has 0 aliphatic carbocycles. The molecule has 2 saturated heterocycles. The van der Waals surface area contributed by atoms with E-state index >= 15 is 0 Å². The number of rotatable bonds is 16. The Balaban J connectivity index is 1.14. The van der Waals surface area contributed by atoms with Crippen molar-refractivity contribution in [3.05, 3.63) is 72.3 Å². The molecule has 4 heterocycles. The number of benzene rings is 2. The van der Waals surface area contributed by atoms with Crippen LogP contribution in [0.15, 0.2) is 69.7 Å². The Labute approximate surface area is 357 Å². The summed E-state index contributed by atoms with van der Waals surface area (Å²) in [6, 6.07) is 13.6. The zero-order chi connectivity index (χ0) is 44.2. The molecule has 4 amide bonds. The van der Waals surface area contributed by atoms with Crippen LogP contribution in [-0.2, 0) is 28.7 Å². The van der Waals surface area contributed by atoms with E-state index in [0.29, 0.717) is 111 Å². The highest BCUT2D eigenvalue weighted by Crippen LogP contribution is 2.34. The number of carbonyl (C=O) groups is 6. The first kappa shape index (κ1) is 44.7. The van der Waals surface area contributed by atoms with Crippen molar-refractivity contribution < 1.29 is 47.3 Å². The maximum absolute atomic E-state index is 13.9. The Morgan fingerprint density at radius 3 is 1.35 bits per heavy atom. The van der Waals surface area contributed by atoms with Gasteiger partial charge >= 0.3 is 24.1 Å². The lowest BCUT2D eigenvalue weighted by Crippen LogP contribution is -2.42. The molecular formula is C42H50N10O10. The molecule has 2 aromatic carbocycles. The molecule has 4 N–H and O–H groups in total. The van der Waals surface area contributed by atoms with Gasteiger partial charge < -0.3 is 39.8 Å². The number of likely N-dealkylation sites (tertiary alicyclic amines) is 2. The number of esters is 2. The van der Waals surface area contributed by atoms with Crippen LogP contribution in [0.5, 0.6) is 0 Å². The number of nitrogens with zero attached hydrogens (tertiary/aromatic N) is 8. The summed E-state index contributed by atoms with van der Waals surface area (Å²) in [7, 11) is 0. The van der Waals surface area contributed by atoms with Crippen molar-refractivity contribution in [1.82, 2.24) is 30.1 Å². The molecule has 0 spiro atoms. The van der Waals surface area contributed by atoms with Crippen LogP contribution in [0.1, 0.15) is 50.2 Å². The second-order valence-corrected chi connectivity index (χ2v) is 15.3. The Morgan fingerprint density at radius 1 is 0.645 bits per heavy atom. The van der Waals surface area contributed by atoms with Gasteiger partial charge in [-0.05, 0) is 102 Å². The number of hydrogen-bond donors (Lipinski definition) is 2. The van der Waals surface area contributed by atoms with Crippen LogP contribution in [0.4, 0.5) is 21.0 Å². The molecule has 0 saturated carbocycles. The minimum atomic E-state index is -1.19. The van der Waals surface area contributed by atoms with Crippen molar-refractivity contribution in [2.45, 2.75) is 52.4 Å². The number of para-hydroxylation sites is 2. The van der Waals surface area contributed by atoms with E-state index in [-0.39, 0.29) is 61.4 Å². The van der Waals surface area contributed by atoms with Gasteiger partial charge in [0.1, 0.15) is 0 Å². The average Bonchev–Trinajstić information content (AvgIpc) is 3.90. The normalized spacial score (nSPS) is 15.3. The smallest absolute Gasteiger partial charge is 0.373 e.